The number of fused-ring (bicyclic) bond motifs is 1. The molecule has 4 atom stereocenters. The Bertz CT molecular complexity index is 239. The SMILES string of the molecule is CC1C=CC=C2[CH]([Zr])C(C)CC21. The van der Waals surface area contributed by atoms with Crippen LogP contribution in [0.1, 0.15) is 20.3 Å². The Hall–Kier alpha value is 0.363. The van der Waals surface area contributed by atoms with Gasteiger partial charge in [0, 0.05) is 0 Å². The molecule has 0 aliphatic heterocycles. The van der Waals surface area contributed by atoms with E-state index in [9.17, 15) is 0 Å². The van der Waals surface area contributed by atoms with E-state index in [1.54, 1.807) is 30.3 Å². The molecule has 0 bridgehead atoms. The van der Waals surface area contributed by atoms with Crippen molar-refractivity contribution in [2.24, 2.45) is 17.8 Å². The molecule has 0 heterocycles. The first-order valence-electron chi connectivity index (χ1n) is 4.79. The van der Waals surface area contributed by atoms with Gasteiger partial charge in [-0.25, -0.2) is 0 Å². The van der Waals surface area contributed by atoms with Crippen LogP contribution in [0, 0.1) is 17.8 Å². The van der Waals surface area contributed by atoms with Crippen molar-refractivity contribution in [3.63, 3.8) is 0 Å². The standard InChI is InChI=1S/C11H15.Zr/c1-8-6-10-5-3-4-9(2)11(10)7-8;/h3-6,8-9,11H,7H2,1-2H3;. The van der Waals surface area contributed by atoms with Gasteiger partial charge in [0.05, 0.1) is 0 Å². The predicted molar refractivity (Wildman–Crippen MR) is 47.4 cm³/mol. The maximum atomic E-state index is 2.41. The number of rotatable bonds is 0. The quantitative estimate of drug-likeness (QED) is 0.608. The third-order valence-electron chi connectivity index (χ3n) is 3.32. The van der Waals surface area contributed by atoms with Gasteiger partial charge in [-0.15, -0.1) is 0 Å². The Labute approximate surface area is 90.0 Å². The van der Waals surface area contributed by atoms with Gasteiger partial charge in [-0.2, -0.15) is 0 Å². The molecule has 1 fully saturated rings. The zero-order chi connectivity index (χ0) is 8.72. The average Bonchev–Trinajstić information content (AvgIpc) is 2.32. The molecule has 12 heavy (non-hydrogen) atoms. The molecule has 4 unspecified atom stereocenters. The van der Waals surface area contributed by atoms with E-state index in [4.69, 9.17) is 0 Å². The third-order valence-corrected chi connectivity index (χ3v) is 5.54. The van der Waals surface area contributed by atoms with Gasteiger partial charge >= 0.3 is 90.2 Å². The van der Waals surface area contributed by atoms with Gasteiger partial charge in [-0.1, -0.05) is 0 Å². The molecule has 2 rings (SSSR count). The minimum atomic E-state index is 0.790. The molecular formula is C11H15Zr. The van der Waals surface area contributed by atoms with Crippen LogP contribution in [0.5, 0.6) is 0 Å². The second-order valence-electron chi connectivity index (χ2n) is 4.21. The van der Waals surface area contributed by atoms with Crippen LogP contribution in [0.4, 0.5) is 0 Å². The van der Waals surface area contributed by atoms with Gasteiger partial charge in [0.25, 0.3) is 0 Å². The van der Waals surface area contributed by atoms with Gasteiger partial charge in [0.15, 0.2) is 0 Å². The summed E-state index contributed by atoms with van der Waals surface area (Å²) >= 11 is 1.71. The molecule has 0 aromatic rings. The second kappa shape index (κ2) is 3.25. The first kappa shape index (κ1) is 8.94. The normalized spacial score (nSPS) is 45.6. The molecule has 2 aliphatic rings. The van der Waals surface area contributed by atoms with Crippen molar-refractivity contribution in [1.29, 1.82) is 0 Å². The number of hydrogen-bond donors (Lipinski definition) is 0. The minimum absolute atomic E-state index is 0.790. The average molecular weight is 238 g/mol. The fraction of sp³-hybridized carbons (Fsp3) is 0.636. The summed E-state index contributed by atoms with van der Waals surface area (Å²) in [5.74, 6) is 2.61. The Morgan fingerprint density at radius 2 is 2.17 bits per heavy atom. The summed E-state index contributed by atoms with van der Waals surface area (Å²) in [6.45, 7) is 4.76. The molecular weight excluding hydrogens is 223 g/mol. The van der Waals surface area contributed by atoms with Gasteiger partial charge in [0.1, 0.15) is 0 Å². The summed E-state index contributed by atoms with van der Waals surface area (Å²) in [5, 5.41) is 0. The molecule has 0 aromatic heterocycles. The van der Waals surface area contributed by atoms with Crippen LogP contribution in [-0.4, -0.2) is 0 Å². The second-order valence-corrected chi connectivity index (χ2v) is 5.74. The molecule has 0 aromatic carbocycles. The molecule has 63 valence electrons. The molecule has 1 saturated carbocycles. The van der Waals surface area contributed by atoms with E-state index in [1.807, 2.05) is 0 Å². The van der Waals surface area contributed by atoms with E-state index in [2.05, 4.69) is 32.1 Å². The Morgan fingerprint density at radius 3 is 2.83 bits per heavy atom. The van der Waals surface area contributed by atoms with Gasteiger partial charge in [-0.05, 0) is 0 Å². The molecule has 1 heteroatoms. The van der Waals surface area contributed by atoms with E-state index in [0.29, 0.717) is 0 Å². The van der Waals surface area contributed by atoms with Crippen molar-refractivity contribution in [3.8, 4) is 0 Å². The van der Waals surface area contributed by atoms with E-state index < -0.39 is 0 Å². The molecule has 2 aliphatic carbocycles. The van der Waals surface area contributed by atoms with Crippen LogP contribution in [0.25, 0.3) is 0 Å². The van der Waals surface area contributed by atoms with Gasteiger partial charge < -0.3 is 0 Å². The monoisotopic (exact) mass is 237 g/mol. The summed E-state index contributed by atoms with van der Waals surface area (Å²) in [5.41, 5.74) is 1.75. The van der Waals surface area contributed by atoms with E-state index in [0.717, 1.165) is 21.4 Å². The number of hydrogen-bond acceptors (Lipinski definition) is 0. The zero-order valence-corrected chi connectivity index (χ0v) is 10.2. The Kier molecular flexibility index (Phi) is 2.42. The molecule has 0 amide bonds. The number of allylic oxidation sites excluding steroid dienone is 4. The van der Waals surface area contributed by atoms with E-state index in [-0.39, 0.29) is 0 Å². The predicted octanol–water partition coefficient (Wildman–Crippen LogP) is 3.11. The molecule has 0 N–H and O–H groups in total. The van der Waals surface area contributed by atoms with Crippen molar-refractivity contribution in [1.82, 2.24) is 0 Å². The fourth-order valence-electron chi connectivity index (χ4n) is 2.45. The van der Waals surface area contributed by atoms with E-state index >= 15 is 0 Å². The summed E-state index contributed by atoms with van der Waals surface area (Å²) in [7, 11) is 0. The molecule has 0 spiro atoms. The Balaban J connectivity index is 2.28. The molecule has 0 saturated heterocycles. The van der Waals surface area contributed by atoms with Crippen LogP contribution in [0.3, 0.4) is 0 Å². The first-order chi connectivity index (χ1) is 5.70. The van der Waals surface area contributed by atoms with Crippen molar-refractivity contribution in [3.05, 3.63) is 23.8 Å². The van der Waals surface area contributed by atoms with Crippen molar-refractivity contribution < 1.29 is 24.7 Å². The zero-order valence-electron chi connectivity index (χ0n) is 7.75. The summed E-state index contributed by atoms with van der Waals surface area (Å²) in [6.07, 6.45) is 8.40. The van der Waals surface area contributed by atoms with Crippen molar-refractivity contribution in [2.75, 3.05) is 0 Å². The summed E-state index contributed by atoms with van der Waals surface area (Å²) in [6, 6.07) is 0. The van der Waals surface area contributed by atoms with Crippen LogP contribution >= 0.6 is 0 Å². The van der Waals surface area contributed by atoms with Gasteiger partial charge in [0.2, 0.25) is 0 Å². The molecule has 0 radical (unpaired) electrons. The topological polar surface area (TPSA) is 0 Å². The summed E-state index contributed by atoms with van der Waals surface area (Å²) in [4.78, 5) is 0. The van der Waals surface area contributed by atoms with Crippen LogP contribution in [0.2, 0.25) is 3.63 Å². The molecule has 0 nitrogen and oxygen atoms in total. The van der Waals surface area contributed by atoms with Crippen LogP contribution < -0.4 is 0 Å². The fourth-order valence-corrected chi connectivity index (χ4v) is 3.55. The Morgan fingerprint density at radius 1 is 1.42 bits per heavy atom. The summed E-state index contributed by atoms with van der Waals surface area (Å²) < 4.78 is 0.912. The van der Waals surface area contributed by atoms with Crippen molar-refractivity contribution in [2.45, 2.75) is 23.9 Å². The van der Waals surface area contributed by atoms with E-state index in [1.165, 1.54) is 6.42 Å². The van der Waals surface area contributed by atoms with Gasteiger partial charge in [-0.3, -0.25) is 0 Å². The van der Waals surface area contributed by atoms with Crippen molar-refractivity contribution >= 4 is 0 Å². The third kappa shape index (κ3) is 1.31. The van der Waals surface area contributed by atoms with Crippen LogP contribution in [-0.2, 0) is 24.7 Å². The first-order valence-corrected chi connectivity index (χ1v) is 6.21. The van der Waals surface area contributed by atoms with Crippen LogP contribution in [0.15, 0.2) is 23.8 Å². The maximum absolute atomic E-state index is 2.41.